The van der Waals surface area contributed by atoms with Gasteiger partial charge >= 0.3 is 0 Å². The lowest BCUT2D eigenvalue weighted by Gasteiger charge is -2.22. The van der Waals surface area contributed by atoms with Gasteiger partial charge in [0.15, 0.2) is 0 Å². The number of nitrogens with zero attached hydrogens (tertiary/aromatic N) is 1. The van der Waals surface area contributed by atoms with Crippen LogP contribution in [0.3, 0.4) is 0 Å². The molecule has 0 saturated heterocycles. The van der Waals surface area contributed by atoms with Gasteiger partial charge in [0.25, 0.3) is 10.0 Å². The van der Waals surface area contributed by atoms with E-state index in [9.17, 15) is 8.42 Å². The van der Waals surface area contributed by atoms with E-state index in [4.69, 9.17) is 16.7 Å². The SMILES string of the molecule is CCC(CO)N=C1Nc2ccc(Cl)cc2S(=O)(=O)N1. The molecule has 0 fully saturated rings. The number of halogens is 1. The molecule has 1 aliphatic heterocycles. The van der Waals surface area contributed by atoms with Gasteiger partial charge < -0.3 is 10.4 Å². The lowest BCUT2D eigenvalue weighted by atomic mass is 10.2. The summed E-state index contributed by atoms with van der Waals surface area (Å²) in [7, 11) is -3.69. The average Bonchev–Trinajstić information content (AvgIpc) is 2.36. The summed E-state index contributed by atoms with van der Waals surface area (Å²) in [6.07, 6.45) is 0.608. The largest absolute Gasteiger partial charge is 0.394 e. The van der Waals surface area contributed by atoms with Gasteiger partial charge in [-0.3, -0.25) is 0 Å². The number of hydrogen-bond acceptors (Lipinski definition) is 4. The molecule has 0 saturated carbocycles. The molecule has 104 valence electrons. The first kappa shape index (κ1) is 14.1. The van der Waals surface area contributed by atoms with E-state index in [0.29, 0.717) is 17.1 Å². The number of rotatable bonds is 3. The topological polar surface area (TPSA) is 90.8 Å². The van der Waals surface area contributed by atoms with Crippen LogP contribution in [-0.2, 0) is 10.0 Å². The second kappa shape index (κ2) is 5.36. The Hall–Kier alpha value is -1.31. The summed E-state index contributed by atoms with van der Waals surface area (Å²) in [5, 5.41) is 12.3. The van der Waals surface area contributed by atoms with Crippen LogP contribution in [0.4, 0.5) is 5.69 Å². The highest BCUT2D eigenvalue weighted by molar-refractivity contribution is 7.90. The highest BCUT2D eigenvalue weighted by atomic mass is 35.5. The van der Waals surface area contributed by atoms with Gasteiger partial charge in [0.2, 0.25) is 5.96 Å². The third kappa shape index (κ3) is 2.99. The molecule has 1 aromatic rings. The fourth-order valence-electron chi connectivity index (χ4n) is 1.66. The van der Waals surface area contributed by atoms with Gasteiger partial charge in [-0.15, -0.1) is 0 Å². The summed E-state index contributed by atoms with van der Waals surface area (Å²) >= 11 is 5.79. The van der Waals surface area contributed by atoms with Crippen LogP contribution >= 0.6 is 11.6 Å². The van der Waals surface area contributed by atoms with E-state index in [1.807, 2.05) is 6.92 Å². The Kier molecular flexibility index (Phi) is 3.98. The van der Waals surface area contributed by atoms with Gasteiger partial charge in [-0.05, 0) is 24.6 Å². The number of benzene rings is 1. The number of sulfonamides is 1. The number of aliphatic hydroxyl groups excluding tert-OH is 1. The molecule has 19 heavy (non-hydrogen) atoms. The van der Waals surface area contributed by atoms with Crippen LogP contribution in [0.2, 0.25) is 5.02 Å². The molecule has 1 unspecified atom stereocenters. The average molecular weight is 304 g/mol. The molecule has 0 spiro atoms. The Labute approximate surface area is 116 Å². The maximum absolute atomic E-state index is 12.0. The van der Waals surface area contributed by atoms with Crippen LogP contribution in [0.5, 0.6) is 0 Å². The number of aliphatic imine (C=N–C) groups is 1. The molecule has 0 amide bonds. The van der Waals surface area contributed by atoms with Gasteiger partial charge in [-0.1, -0.05) is 18.5 Å². The molecule has 2 rings (SSSR count). The third-order valence-electron chi connectivity index (χ3n) is 2.71. The second-order valence-electron chi connectivity index (χ2n) is 4.09. The van der Waals surface area contributed by atoms with Gasteiger partial charge in [0, 0.05) is 5.02 Å². The zero-order valence-corrected chi connectivity index (χ0v) is 11.8. The molecule has 0 aliphatic carbocycles. The minimum Gasteiger partial charge on any atom is -0.394 e. The quantitative estimate of drug-likeness (QED) is 0.782. The fraction of sp³-hybridized carbons (Fsp3) is 0.364. The number of fused-ring (bicyclic) bond motifs is 1. The first-order valence-electron chi connectivity index (χ1n) is 5.74. The maximum atomic E-state index is 12.0. The standard InChI is InChI=1S/C11H14ClN3O3S/c1-2-8(6-16)13-11-14-9-4-3-7(12)5-10(9)19(17,18)15-11/h3-5,8,16H,2,6H2,1H3,(H2,13,14,15). The van der Waals surface area contributed by atoms with Crippen molar-refractivity contribution in [3.05, 3.63) is 23.2 Å². The minimum absolute atomic E-state index is 0.0796. The van der Waals surface area contributed by atoms with Gasteiger partial charge in [-0.2, -0.15) is 0 Å². The van der Waals surface area contributed by atoms with Crippen molar-refractivity contribution in [3.63, 3.8) is 0 Å². The molecular weight excluding hydrogens is 290 g/mol. The fourth-order valence-corrected chi connectivity index (χ4v) is 3.06. The molecule has 0 radical (unpaired) electrons. The predicted molar refractivity (Wildman–Crippen MR) is 74.0 cm³/mol. The van der Waals surface area contributed by atoms with Crippen molar-refractivity contribution in [2.45, 2.75) is 24.3 Å². The van der Waals surface area contributed by atoms with Crippen molar-refractivity contribution in [3.8, 4) is 0 Å². The monoisotopic (exact) mass is 303 g/mol. The van der Waals surface area contributed by atoms with Crippen LogP contribution in [0.15, 0.2) is 28.1 Å². The van der Waals surface area contributed by atoms with E-state index in [2.05, 4.69) is 15.0 Å². The Morgan fingerprint density at radius 3 is 2.84 bits per heavy atom. The smallest absolute Gasteiger partial charge is 0.266 e. The highest BCUT2D eigenvalue weighted by Gasteiger charge is 2.27. The summed E-state index contributed by atoms with van der Waals surface area (Å²) in [5.41, 5.74) is 0.412. The molecule has 1 aliphatic rings. The van der Waals surface area contributed by atoms with E-state index in [-0.39, 0.29) is 23.5 Å². The van der Waals surface area contributed by atoms with Crippen LogP contribution in [0, 0.1) is 0 Å². The Morgan fingerprint density at radius 1 is 1.47 bits per heavy atom. The molecule has 3 N–H and O–H groups in total. The molecule has 0 aromatic heterocycles. The zero-order valence-electron chi connectivity index (χ0n) is 10.2. The van der Waals surface area contributed by atoms with E-state index in [1.165, 1.54) is 6.07 Å². The van der Waals surface area contributed by atoms with Crippen molar-refractivity contribution < 1.29 is 13.5 Å². The van der Waals surface area contributed by atoms with Gasteiger partial charge in [0.1, 0.15) is 4.90 Å². The number of aliphatic hydroxyl groups is 1. The maximum Gasteiger partial charge on any atom is 0.266 e. The molecule has 0 bridgehead atoms. The molecule has 8 heteroatoms. The minimum atomic E-state index is -3.69. The summed E-state index contributed by atoms with van der Waals surface area (Å²) in [6, 6.07) is 4.19. The van der Waals surface area contributed by atoms with Crippen LogP contribution in [0.25, 0.3) is 0 Å². The Bertz CT molecular complexity index is 612. The van der Waals surface area contributed by atoms with E-state index in [0.717, 1.165) is 0 Å². The van der Waals surface area contributed by atoms with Crippen molar-refractivity contribution in [1.29, 1.82) is 0 Å². The van der Waals surface area contributed by atoms with Crippen LogP contribution < -0.4 is 10.0 Å². The third-order valence-corrected chi connectivity index (χ3v) is 4.32. The summed E-state index contributed by atoms with van der Waals surface area (Å²) < 4.78 is 26.4. The lowest BCUT2D eigenvalue weighted by molar-refractivity contribution is 0.264. The van der Waals surface area contributed by atoms with Crippen LogP contribution in [0.1, 0.15) is 13.3 Å². The van der Waals surface area contributed by atoms with Gasteiger partial charge in [0.05, 0.1) is 18.3 Å². The van der Waals surface area contributed by atoms with Crippen molar-refractivity contribution >= 4 is 33.3 Å². The van der Waals surface area contributed by atoms with E-state index < -0.39 is 10.0 Å². The highest BCUT2D eigenvalue weighted by Crippen LogP contribution is 2.27. The van der Waals surface area contributed by atoms with Crippen LogP contribution in [-0.4, -0.2) is 32.1 Å². The first-order chi connectivity index (χ1) is 8.96. The molecular formula is C11H14ClN3O3S. The number of nitrogens with one attached hydrogen (secondary N) is 2. The predicted octanol–water partition coefficient (Wildman–Crippen LogP) is 1.17. The number of anilines is 1. The molecule has 1 heterocycles. The van der Waals surface area contributed by atoms with Crippen molar-refractivity contribution in [1.82, 2.24) is 4.72 Å². The summed E-state index contributed by atoms with van der Waals surface area (Å²) in [6.45, 7) is 1.72. The normalized spacial score (nSPS) is 20.3. The summed E-state index contributed by atoms with van der Waals surface area (Å²) in [4.78, 5) is 4.20. The number of guanidine groups is 1. The zero-order chi connectivity index (χ0) is 14.0. The summed E-state index contributed by atoms with van der Waals surface area (Å²) in [5.74, 6) is 0.107. The lowest BCUT2D eigenvalue weighted by Crippen LogP contribution is -2.41. The number of hydrogen-bond donors (Lipinski definition) is 3. The first-order valence-corrected chi connectivity index (χ1v) is 7.60. The Balaban J connectivity index is 2.41. The van der Waals surface area contributed by atoms with E-state index in [1.54, 1.807) is 12.1 Å². The Morgan fingerprint density at radius 2 is 2.21 bits per heavy atom. The van der Waals surface area contributed by atoms with Crippen molar-refractivity contribution in [2.75, 3.05) is 11.9 Å². The second-order valence-corrected chi connectivity index (χ2v) is 6.18. The van der Waals surface area contributed by atoms with Crippen molar-refractivity contribution in [2.24, 2.45) is 4.99 Å². The molecule has 6 nitrogen and oxygen atoms in total. The van der Waals surface area contributed by atoms with Gasteiger partial charge in [-0.25, -0.2) is 18.1 Å². The molecule has 1 aromatic carbocycles. The molecule has 1 atom stereocenters. The van der Waals surface area contributed by atoms with E-state index >= 15 is 0 Å².